The van der Waals surface area contributed by atoms with E-state index in [4.69, 9.17) is 5.73 Å². The lowest BCUT2D eigenvalue weighted by atomic mass is 9.93. The van der Waals surface area contributed by atoms with Gasteiger partial charge in [-0.05, 0) is 25.3 Å². The zero-order chi connectivity index (χ0) is 11.1. The number of hydrogen-bond donors (Lipinski definition) is 1. The lowest BCUT2D eigenvalue weighted by Crippen LogP contribution is -2.19. The van der Waals surface area contributed by atoms with Crippen molar-refractivity contribution in [1.29, 1.82) is 0 Å². The average Bonchev–Trinajstić information content (AvgIpc) is 2.71. The summed E-state index contributed by atoms with van der Waals surface area (Å²) in [5.41, 5.74) is 7.74. The highest BCUT2D eigenvalue weighted by Crippen LogP contribution is 2.35. The van der Waals surface area contributed by atoms with Crippen LogP contribution >= 0.6 is 0 Å². The number of nitrogens with zero attached hydrogens (tertiary/aromatic N) is 5. The zero-order valence-corrected chi connectivity index (χ0v) is 9.17. The van der Waals surface area contributed by atoms with Crippen LogP contribution in [-0.2, 0) is 7.05 Å². The Kier molecular flexibility index (Phi) is 1.95. The molecular weight excluding hydrogens is 204 g/mol. The van der Waals surface area contributed by atoms with Crippen molar-refractivity contribution < 1.29 is 0 Å². The quantitative estimate of drug-likeness (QED) is 0.815. The number of rotatable bonds is 2. The van der Waals surface area contributed by atoms with E-state index < -0.39 is 0 Å². The van der Waals surface area contributed by atoms with Crippen molar-refractivity contribution in [1.82, 2.24) is 24.8 Å². The Labute approximate surface area is 93.0 Å². The number of nitrogens with two attached hydrogens (primary N) is 1. The minimum atomic E-state index is 0.453. The van der Waals surface area contributed by atoms with Crippen LogP contribution in [0.3, 0.4) is 0 Å². The molecule has 0 radical (unpaired) electrons. The zero-order valence-electron chi connectivity index (χ0n) is 9.17. The van der Waals surface area contributed by atoms with E-state index in [0.29, 0.717) is 11.9 Å². The first kappa shape index (κ1) is 9.38. The van der Waals surface area contributed by atoms with Crippen LogP contribution in [0.4, 0.5) is 5.82 Å². The van der Waals surface area contributed by atoms with Crippen LogP contribution in [0.1, 0.15) is 25.3 Å². The van der Waals surface area contributed by atoms with Gasteiger partial charge < -0.3 is 5.73 Å². The molecule has 0 unspecified atom stereocenters. The fourth-order valence-corrected chi connectivity index (χ4v) is 2.05. The van der Waals surface area contributed by atoms with Gasteiger partial charge in [0.15, 0.2) is 5.82 Å². The maximum atomic E-state index is 5.88. The summed E-state index contributed by atoms with van der Waals surface area (Å²) in [5, 5.41) is 12.3. The van der Waals surface area contributed by atoms with Gasteiger partial charge >= 0.3 is 0 Å². The third-order valence-corrected chi connectivity index (χ3v) is 3.20. The first-order valence-electron chi connectivity index (χ1n) is 5.46. The third kappa shape index (κ3) is 1.22. The van der Waals surface area contributed by atoms with Crippen molar-refractivity contribution in [3.05, 3.63) is 12.3 Å². The van der Waals surface area contributed by atoms with Gasteiger partial charge in [0.2, 0.25) is 0 Å². The van der Waals surface area contributed by atoms with E-state index in [2.05, 4.69) is 15.4 Å². The van der Waals surface area contributed by atoms with Crippen LogP contribution in [0.25, 0.3) is 11.4 Å². The van der Waals surface area contributed by atoms with E-state index >= 15 is 0 Å². The van der Waals surface area contributed by atoms with Gasteiger partial charge in [-0.25, -0.2) is 4.68 Å². The third-order valence-electron chi connectivity index (χ3n) is 3.20. The monoisotopic (exact) mass is 218 g/mol. The second-order valence-corrected chi connectivity index (χ2v) is 4.19. The van der Waals surface area contributed by atoms with Gasteiger partial charge in [0, 0.05) is 13.2 Å². The molecule has 2 aromatic heterocycles. The highest BCUT2D eigenvalue weighted by Gasteiger charge is 2.26. The molecule has 3 rings (SSSR count). The lowest BCUT2D eigenvalue weighted by molar-refractivity contribution is 0.287. The van der Waals surface area contributed by atoms with Crippen LogP contribution in [0.15, 0.2) is 12.3 Å². The van der Waals surface area contributed by atoms with Gasteiger partial charge in [0.25, 0.3) is 0 Å². The summed E-state index contributed by atoms with van der Waals surface area (Å²) in [6.07, 6.45) is 5.34. The fraction of sp³-hybridized carbons (Fsp3) is 0.500. The number of hydrogen-bond acceptors (Lipinski definition) is 4. The molecule has 6 heteroatoms. The Bertz CT molecular complexity index is 507. The molecule has 84 valence electrons. The van der Waals surface area contributed by atoms with E-state index in [9.17, 15) is 0 Å². The molecule has 0 atom stereocenters. The predicted molar refractivity (Wildman–Crippen MR) is 59.5 cm³/mol. The van der Waals surface area contributed by atoms with Crippen LogP contribution in [0.2, 0.25) is 0 Å². The lowest BCUT2D eigenvalue weighted by Gasteiger charge is -2.26. The first-order chi connectivity index (χ1) is 7.77. The van der Waals surface area contributed by atoms with Crippen molar-refractivity contribution in [3.63, 3.8) is 0 Å². The Balaban J connectivity index is 2.11. The van der Waals surface area contributed by atoms with Crippen LogP contribution in [0.5, 0.6) is 0 Å². The van der Waals surface area contributed by atoms with E-state index in [1.54, 1.807) is 10.9 Å². The number of aryl methyl sites for hydroxylation is 1. The standard InChI is InChI=1S/C10H14N6/c1-15-8(5-6-12-15)9-10(11)13-14-16(9)7-3-2-4-7/h5-7H,2-4,11H2,1H3. The molecular formula is C10H14N6. The Hall–Kier alpha value is -1.85. The van der Waals surface area contributed by atoms with Crippen molar-refractivity contribution in [2.24, 2.45) is 7.05 Å². The van der Waals surface area contributed by atoms with Gasteiger partial charge in [-0.2, -0.15) is 5.10 Å². The summed E-state index contributed by atoms with van der Waals surface area (Å²) in [6.45, 7) is 0. The van der Waals surface area contributed by atoms with E-state index in [1.165, 1.54) is 6.42 Å². The van der Waals surface area contributed by atoms with Crippen molar-refractivity contribution in [3.8, 4) is 11.4 Å². The number of aromatic nitrogens is 5. The van der Waals surface area contributed by atoms with Crippen molar-refractivity contribution in [2.75, 3.05) is 5.73 Å². The Morgan fingerprint density at radius 2 is 2.25 bits per heavy atom. The highest BCUT2D eigenvalue weighted by atomic mass is 15.5. The maximum Gasteiger partial charge on any atom is 0.175 e. The molecule has 0 saturated heterocycles. The average molecular weight is 218 g/mol. The Morgan fingerprint density at radius 3 is 2.81 bits per heavy atom. The molecule has 1 aliphatic rings. The molecule has 2 aromatic rings. The molecule has 16 heavy (non-hydrogen) atoms. The van der Waals surface area contributed by atoms with Crippen molar-refractivity contribution >= 4 is 5.82 Å². The van der Waals surface area contributed by atoms with E-state index in [-0.39, 0.29) is 0 Å². The summed E-state index contributed by atoms with van der Waals surface area (Å²) in [7, 11) is 1.90. The first-order valence-corrected chi connectivity index (χ1v) is 5.46. The van der Waals surface area contributed by atoms with Gasteiger partial charge in [-0.3, -0.25) is 4.68 Å². The van der Waals surface area contributed by atoms with Crippen LogP contribution in [-0.4, -0.2) is 24.8 Å². The molecule has 1 saturated carbocycles. The number of anilines is 1. The molecule has 0 amide bonds. The molecule has 0 aliphatic heterocycles. The van der Waals surface area contributed by atoms with Gasteiger partial charge in [-0.1, -0.05) is 5.21 Å². The van der Waals surface area contributed by atoms with Crippen molar-refractivity contribution in [2.45, 2.75) is 25.3 Å². The molecule has 1 aliphatic carbocycles. The minimum absolute atomic E-state index is 0.453. The summed E-state index contributed by atoms with van der Waals surface area (Å²) >= 11 is 0. The minimum Gasteiger partial charge on any atom is -0.380 e. The second kappa shape index (κ2) is 3.33. The molecule has 2 heterocycles. The molecule has 6 nitrogen and oxygen atoms in total. The molecule has 2 N–H and O–H groups in total. The van der Waals surface area contributed by atoms with Crippen LogP contribution < -0.4 is 5.73 Å². The van der Waals surface area contributed by atoms with E-state index in [1.807, 2.05) is 17.8 Å². The summed E-state index contributed by atoms with van der Waals surface area (Å²) < 4.78 is 3.74. The molecule has 0 bridgehead atoms. The maximum absolute atomic E-state index is 5.88. The largest absolute Gasteiger partial charge is 0.380 e. The molecule has 0 aromatic carbocycles. The second-order valence-electron chi connectivity index (χ2n) is 4.19. The molecule has 0 spiro atoms. The topological polar surface area (TPSA) is 74.6 Å². The fourth-order valence-electron chi connectivity index (χ4n) is 2.05. The van der Waals surface area contributed by atoms with Gasteiger partial charge in [0.1, 0.15) is 5.69 Å². The SMILES string of the molecule is Cn1nccc1-c1c(N)nnn1C1CCC1. The summed E-state index contributed by atoms with van der Waals surface area (Å²) in [6, 6.07) is 2.39. The highest BCUT2D eigenvalue weighted by molar-refractivity contribution is 5.66. The normalized spacial score (nSPS) is 16.3. The van der Waals surface area contributed by atoms with Crippen LogP contribution in [0, 0.1) is 0 Å². The Morgan fingerprint density at radius 1 is 1.44 bits per heavy atom. The predicted octanol–water partition coefficient (Wildman–Crippen LogP) is 0.986. The molecule has 1 fully saturated rings. The summed E-state index contributed by atoms with van der Waals surface area (Å²) in [5.74, 6) is 0.482. The van der Waals surface area contributed by atoms with Gasteiger partial charge in [-0.15, -0.1) is 5.10 Å². The van der Waals surface area contributed by atoms with Gasteiger partial charge in [0.05, 0.1) is 11.7 Å². The smallest absolute Gasteiger partial charge is 0.175 e. The number of nitrogen functional groups attached to an aromatic ring is 1. The summed E-state index contributed by atoms with van der Waals surface area (Å²) in [4.78, 5) is 0. The van der Waals surface area contributed by atoms with E-state index in [0.717, 1.165) is 24.2 Å².